The molecule has 4 aromatic heterocycles. The molecule has 0 saturated heterocycles. The van der Waals surface area contributed by atoms with Crippen LogP contribution in [0.4, 0.5) is 34.5 Å². The molecule has 0 unspecified atom stereocenters. The third-order valence-electron chi connectivity index (χ3n) is 3.18. The van der Waals surface area contributed by atoms with Crippen molar-refractivity contribution in [2.75, 3.05) is 0 Å². The van der Waals surface area contributed by atoms with Crippen LogP contribution in [-0.2, 0) is 17.1 Å². The summed E-state index contributed by atoms with van der Waals surface area (Å²) >= 11 is 0. The Morgan fingerprint density at radius 1 is 0.389 bits per heavy atom. The van der Waals surface area contributed by atoms with Gasteiger partial charge in [-0.05, 0) is 48.5 Å². The summed E-state index contributed by atoms with van der Waals surface area (Å²) in [5.74, 6) is 0. The second-order valence-corrected chi connectivity index (χ2v) is 5.85. The van der Waals surface area contributed by atoms with E-state index in [-0.39, 0.29) is 24.5 Å². The molecule has 0 aromatic carbocycles. The summed E-state index contributed by atoms with van der Waals surface area (Å²) in [6.07, 6.45) is 7.07. The molecular formula is C21H19B2F8FeN4. The van der Waals surface area contributed by atoms with E-state index in [1.807, 2.05) is 72.8 Å². The first-order valence-corrected chi connectivity index (χ1v) is 9.33. The standard InChI is InChI=1S/2C10H8N2.CH3.2BF4.Fe/c2*1-3-7-11-9(5-1)10-6-2-4-8-12-10;;2*2-1(3,4)5;/h2*1-8H;1H3;;;/q;;3*-1;+3. The molecule has 15 heteroatoms. The third kappa shape index (κ3) is 20.1. The predicted octanol–water partition coefficient (Wildman–Crippen LogP) is 7.33. The van der Waals surface area contributed by atoms with Gasteiger partial charge < -0.3 is 42.0 Å². The molecule has 0 amide bonds. The Morgan fingerprint density at radius 3 is 0.667 bits per heavy atom. The first-order chi connectivity index (χ1) is 15.9. The summed E-state index contributed by atoms with van der Waals surface area (Å²) in [6.45, 7) is 0. The monoisotopic (exact) mass is 557 g/mol. The SMILES string of the molecule is F[B-](F)(F)F.F[B-](F)(F)F.[CH3-].[Fe+3].c1ccc(-c2ccccn2)nc1.c1ccc(-c2ccccn2)nc1. The van der Waals surface area contributed by atoms with Crippen molar-refractivity contribution in [3.05, 3.63) is 105 Å². The van der Waals surface area contributed by atoms with Crippen molar-refractivity contribution >= 4 is 14.5 Å². The summed E-state index contributed by atoms with van der Waals surface area (Å²) in [5, 5.41) is 0. The molecule has 36 heavy (non-hydrogen) atoms. The number of nitrogens with zero attached hydrogens (tertiary/aromatic N) is 4. The molecule has 0 aliphatic carbocycles. The molecule has 4 nitrogen and oxygen atoms in total. The van der Waals surface area contributed by atoms with Crippen molar-refractivity contribution in [2.24, 2.45) is 0 Å². The van der Waals surface area contributed by atoms with Crippen LogP contribution in [0.25, 0.3) is 22.8 Å². The average molecular weight is 557 g/mol. The van der Waals surface area contributed by atoms with E-state index >= 15 is 0 Å². The maximum Gasteiger partial charge on any atom is 3.00 e. The fourth-order valence-electron chi connectivity index (χ4n) is 2.06. The Morgan fingerprint density at radius 2 is 0.556 bits per heavy atom. The molecule has 0 N–H and O–H groups in total. The molecule has 1 radical (unpaired) electrons. The van der Waals surface area contributed by atoms with Crippen LogP contribution in [-0.4, -0.2) is 34.4 Å². The van der Waals surface area contributed by atoms with Gasteiger partial charge in [0, 0.05) is 24.8 Å². The van der Waals surface area contributed by atoms with Gasteiger partial charge in [0.25, 0.3) is 0 Å². The Kier molecular flexibility index (Phi) is 17.5. The van der Waals surface area contributed by atoms with Crippen molar-refractivity contribution < 1.29 is 51.6 Å². The van der Waals surface area contributed by atoms with Gasteiger partial charge in [0.2, 0.25) is 0 Å². The van der Waals surface area contributed by atoms with E-state index in [0.717, 1.165) is 22.8 Å². The molecular weight excluding hydrogens is 538 g/mol. The molecule has 0 bridgehead atoms. The number of halogens is 8. The van der Waals surface area contributed by atoms with E-state index in [1.165, 1.54) is 0 Å². The van der Waals surface area contributed by atoms with Gasteiger partial charge in [0.15, 0.2) is 0 Å². The topological polar surface area (TPSA) is 51.6 Å². The van der Waals surface area contributed by atoms with E-state index in [4.69, 9.17) is 0 Å². The van der Waals surface area contributed by atoms with E-state index in [1.54, 1.807) is 24.8 Å². The molecule has 0 atom stereocenters. The van der Waals surface area contributed by atoms with E-state index in [2.05, 4.69) is 19.9 Å². The Labute approximate surface area is 213 Å². The van der Waals surface area contributed by atoms with Crippen molar-refractivity contribution in [3.8, 4) is 22.8 Å². The van der Waals surface area contributed by atoms with Crippen molar-refractivity contribution in [1.82, 2.24) is 19.9 Å². The van der Waals surface area contributed by atoms with E-state index in [9.17, 15) is 34.5 Å². The van der Waals surface area contributed by atoms with Crippen LogP contribution in [0.2, 0.25) is 0 Å². The van der Waals surface area contributed by atoms with Crippen LogP contribution in [0.3, 0.4) is 0 Å². The molecule has 0 aliphatic rings. The predicted molar refractivity (Wildman–Crippen MR) is 122 cm³/mol. The third-order valence-corrected chi connectivity index (χ3v) is 3.18. The quantitative estimate of drug-likeness (QED) is 0.147. The van der Waals surface area contributed by atoms with Gasteiger partial charge in [-0.15, -0.1) is 0 Å². The fraction of sp³-hybridized carbons (Fsp3) is 0. The summed E-state index contributed by atoms with van der Waals surface area (Å²) < 4.78 is 78.0. The van der Waals surface area contributed by atoms with Crippen molar-refractivity contribution in [3.63, 3.8) is 0 Å². The molecule has 0 fully saturated rings. The van der Waals surface area contributed by atoms with Crippen LogP contribution in [0.1, 0.15) is 0 Å². The van der Waals surface area contributed by atoms with Gasteiger partial charge in [0.1, 0.15) is 0 Å². The summed E-state index contributed by atoms with van der Waals surface area (Å²) in [5.41, 5.74) is 3.66. The summed E-state index contributed by atoms with van der Waals surface area (Å²) in [4.78, 5) is 16.7. The van der Waals surface area contributed by atoms with Gasteiger partial charge in [-0.2, -0.15) is 0 Å². The second kappa shape index (κ2) is 18.0. The molecule has 4 heterocycles. The number of aromatic nitrogens is 4. The zero-order valence-corrected chi connectivity index (χ0v) is 19.7. The minimum absolute atomic E-state index is 0. The Bertz CT molecular complexity index is 873. The Hall–Kier alpha value is -3.31. The van der Waals surface area contributed by atoms with Gasteiger partial charge in [-0.1, -0.05) is 24.3 Å². The normalized spacial score (nSPS) is 9.78. The van der Waals surface area contributed by atoms with Crippen LogP contribution < -0.4 is 0 Å². The summed E-state index contributed by atoms with van der Waals surface area (Å²) in [6, 6.07) is 23.2. The fourth-order valence-corrected chi connectivity index (χ4v) is 2.06. The van der Waals surface area contributed by atoms with Crippen LogP contribution in [0, 0.1) is 7.43 Å². The van der Waals surface area contributed by atoms with Gasteiger partial charge in [0.05, 0.1) is 22.8 Å². The van der Waals surface area contributed by atoms with Gasteiger partial charge in [-0.3, -0.25) is 19.9 Å². The molecule has 0 saturated carbocycles. The number of hydrogen-bond acceptors (Lipinski definition) is 4. The first-order valence-electron chi connectivity index (χ1n) is 9.33. The maximum absolute atomic E-state index is 9.75. The van der Waals surface area contributed by atoms with Crippen LogP contribution in [0.5, 0.6) is 0 Å². The molecule has 193 valence electrons. The van der Waals surface area contributed by atoms with Crippen LogP contribution in [0.15, 0.2) is 97.6 Å². The molecule has 4 aromatic rings. The first kappa shape index (κ1) is 34.9. The van der Waals surface area contributed by atoms with E-state index < -0.39 is 14.5 Å². The number of rotatable bonds is 2. The average Bonchev–Trinajstić information content (AvgIpc) is 2.80. The smallest absolute Gasteiger partial charge is 0.418 e. The Balaban J connectivity index is 0. The van der Waals surface area contributed by atoms with Crippen molar-refractivity contribution in [2.45, 2.75) is 0 Å². The molecule has 0 spiro atoms. The minimum atomic E-state index is -6.00. The molecule has 0 aliphatic heterocycles. The second-order valence-electron chi connectivity index (χ2n) is 5.85. The number of hydrogen-bond donors (Lipinski definition) is 0. The van der Waals surface area contributed by atoms with Gasteiger partial charge >= 0.3 is 31.6 Å². The molecule has 4 rings (SSSR count). The van der Waals surface area contributed by atoms with Gasteiger partial charge in [-0.25, -0.2) is 0 Å². The zero-order chi connectivity index (χ0) is 25.5. The minimum Gasteiger partial charge on any atom is -0.418 e. The van der Waals surface area contributed by atoms with E-state index in [0.29, 0.717) is 0 Å². The number of pyridine rings is 4. The maximum atomic E-state index is 9.75. The zero-order valence-electron chi connectivity index (χ0n) is 18.6. The summed E-state index contributed by atoms with van der Waals surface area (Å²) in [7, 11) is -12.0. The van der Waals surface area contributed by atoms with Crippen LogP contribution >= 0.6 is 0 Å². The van der Waals surface area contributed by atoms with Crippen molar-refractivity contribution in [1.29, 1.82) is 0 Å². The largest absolute Gasteiger partial charge is 3.00 e.